The number of ether oxygens (including phenoxy) is 1. The van der Waals surface area contributed by atoms with E-state index in [-0.39, 0.29) is 12.6 Å². The summed E-state index contributed by atoms with van der Waals surface area (Å²) in [6.07, 6.45) is 4.22. The molecule has 1 atom stereocenters. The summed E-state index contributed by atoms with van der Waals surface area (Å²) in [6.45, 7) is 1.76. The number of halogens is 2. The summed E-state index contributed by atoms with van der Waals surface area (Å²) in [7, 11) is 1.47. The molecular weight excluding hydrogens is 418 g/mol. The van der Waals surface area contributed by atoms with Gasteiger partial charge in [0.2, 0.25) is 0 Å². The third-order valence-corrected chi connectivity index (χ3v) is 5.12. The smallest absolute Gasteiger partial charge is 0.298 e. The molecule has 1 N–H and O–H groups in total. The van der Waals surface area contributed by atoms with E-state index in [2.05, 4.69) is 19.9 Å². The van der Waals surface area contributed by atoms with Gasteiger partial charge in [-0.15, -0.1) is 0 Å². The van der Waals surface area contributed by atoms with Gasteiger partial charge in [-0.25, -0.2) is 18.7 Å². The van der Waals surface area contributed by atoms with E-state index in [0.29, 0.717) is 39.3 Å². The van der Waals surface area contributed by atoms with E-state index in [1.807, 2.05) is 12.1 Å². The highest BCUT2D eigenvalue weighted by Crippen LogP contribution is 2.26. The van der Waals surface area contributed by atoms with Crippen LogP contribution in [0.2, 0.25) is 0 Å². The predicted octanol–water partition coefficient (Wildman–Crippen LogP) is 3.55. The summed E-state index contributed by atoms with van der Waals surface area (Å²) in [5.41, 5.74) is 3.82. The number of hydrogen-bond acceptors (Lipinski definition) is 6. The third-order valence-electron chi connectivity index (χ3n) is 5.12. The average molecular weight is 436 g/mol. The number of benzene rings is 1. The number of aliphatic hydroxyl groups excluding tert-OH is 1. The van der Waals surface area contributed by atoms with Gasteiger partial charge in [-0.2, -0.15) is 4.98 Å². The lowest BCUT2D eigenvalue weighted by Gasteiger charge is -2.10. The second kappa shape index (κ2) is 7.65. The third kappa shape index (κ3) is 3.44. The van der Waals surface area contributed by atoms with E-state index >= 15 is 0 Å². The standard InChI is InChI=1S/C22H18F2N6O2/c1-12(31)18-10-25-17-3-4-29(21(17)27-18)16-8-19-20(26-9-16)28-22(32-2)30(19)11-13-5-14(23)7-15(24)6-13/h3-10,12,31H,11H2,1-2H3/t12-/m1/s1. The van der Waals surface area contributed by atoms with Gasteiger partial charge < -0.3 is 9.84 Å². The SMILES string of the molecule is COc1nc2ncc(-n3ccc4ncc([C@@H](C)O)nc43)cc2n1Cc1cc(F)cc(F)c1. The van der Waals surface area contributed by atoms with E-state index in [1.54, 1.807) is 28.5 Å². The second-order valence-corrected chi connectivity index (χ2v) is 7.36. The average Bonchev–Trinajstić information content (AvgIpc) is 3.33. The highest BCUT2D eigenvalue weighted by atomic mass is 19.1. The molecule has 0 unspecified atom stereocenters. The minimum Gasteiger partial charge on any atom is -0.468 e. The zero-order chi connectivity index (χ0) is 22.4. The van der Waals surface area contributed by atoms with Crippen LogP contribution in [0.1, 0.15) is 24.3 Å². The second-order valence-electron chi connectivity index (χ2n) is 7.36. The maximum absolute atomic E-state index is 13.7. The van der Waals surface area contributed by atoms with Crippen LogP contribution in [0.3, 0.4) is 0 Å². The van der Waals surface area contributed by atoms with Crippen molar-refractivity contribution >= 4 is 22.3 Å². The first kappa shape index (κ1) is 20.0. The molecule has 0 bridgehead atoms. The summed E-state index contributed by atoms with van der Waals surface area (Å²) >= 11 is 0. The van der Waals surface area contributed by atoms with Crippen molar-refractivity contribution in [1.82, 2.24) is 29.1 Å². The van der Waals surface area contributed by atoms with Gasteiger partial charge in [0.15, 0.2) is 11.3 Å². The maximum Gasteiger partial charge on any atom is 0.298 e. The molecule has 0 fully saturated rings. The Kier molecular flexibility index (Phi) is 4.78. The topological polar surface area (TPSA) is 90.9 Å². The number of rotatable bonds is 5. The Hall–Kier alpha value is -3.92. The highest BCUT2D eigenvalue weighted by Gasteiger charge is 2.16. The van der Waals surface area contributed by atoms with Crippen LogP contribution in [-0.4, -0.2) is 41.3 Å². The van der Waals surface area contributed by atoms with Crippen molar-refractivity contribution in [2.24, 2.45) is 0 Å². The molecule has 0 radical (unpaired) electrons. The minimum absolute atomic E-state index is 0.137. The van der Waals surface area contributed by atoms with Crippen molar-refractivity contribution in [3.8, 4) is 11.7 Å². The Morgan fingerprint density at radius 2 is 1.84 bits per heavy atom. The van der Waals surface area contributed by atoms with Gasteiger partial charge in [0.1, 0.15) is 17.2 Å². The number of aromatic nitrogens is 6. The molecule has 32 heavy (non-hydrogen) atoms. The summed E-state index contributed by atoms with van der Waals surface area (Å²) < 4.78 is 36.3. The molecule has 1 aromatic carbocycles. The number of aliphatic hydroxyl groups is 1. The van der Waals surface area contributed by atoms with Crippen molar-refractivity contribution in [2.75, 3.05) is 7.11 Å². The molecule has 5 rings (SSSR count). The minimum atomic E-state index is -0.756. The number of nitrogens with zero attached hydrogens (tertiary/aromatic N) is 6. The van der Waals surface area contributed by atoms with Crippen LogP contribution in [0.5, 0.6) is 6.01 Å². The molecule has 0 saturated heterocycles. The van der Waals surface area contributed by atoms with Crippen molar-refractivity contribution in [2.45, 2.75) is 19.6 Å². The zero-order valence-corrected chi connectivity index (χ0v) is 17.2. The fourth-order valence-electron chi connectivity index (χ4n) is 3.62. The quantitative estimate of drug-likeness (QED) is 0.453. The lowest BCUT2D eigenvalue weighted by Crippen LogP contribution is -2.04. The molecule has 162 valence electrons. The van der Waals surface area contributed by atoms with Gasteiger partial charge in [-0.1, -0.05) is 0 Å². The largest absolute Gasteiger partial charge is 0.468 e. The first-order chi connectivity index (χ1) is 15.4. The van der Waals surface area contributed by atoms with Crippen molar-refractivity contribution in [1.29, 1.82) is 0 Å². The first-order valence-electron chi connectivity index (χ1n) is 9.80. The van der Waals surface area contributed by atoms with Crippen LogP contribution < -0.4 is 4.74 Å². The van der Waals surface area contributed by atoms with Gasteiger partial charge in [-0.05, 0) is 36.8 Å². The lowest BCUT2D eigenvalue weighted by molar-refractivity contribution is 0.194. The van der Waals surface area contributed by atoms with Crippen LogP contribution in [-0.2, 0) is 6.54 Å². The number of imidazole rings is 1. The molecule has 4 heterocycles. The maximum atomic E-state index is 13.7. The Bertz CT molecular complexity index is 1440. The number of fused-ring (bicyclic) bond motifs is 2. The van der Waals surface area contributed by atoms with Gasteiger partial charge in [0.05, 0.1) is 49.1 Å². The van der Waals surface area contributed by atoms with E-state index in [4.69, 9.17) is 4.74 Å². The predicted molar refractivity (Wildman–Crippen MR) is 113 cm³/mol. The molecule has 0 aliphatic carbocycles. The number of hydrogen-bond donors (Lipinski definition) is 1. The molecule has 8 nitrogen and oxygen atoms in total. The van der Waals surface area contributed by atoms with Crippen LogP contribution in [0.15, 0.2) is 48.9 Å². The lowest BCUT2D eigenvalue weighted by atomic mass is 10.2. The molecule has 0 amide bonds. The van der Waals surface area contributed by atoms with Crippen LogP contribution >= 0.6 is 0 Å². The number of methoxy groups -OCH3 is 1. The summed E-state index contributed by atoms with van der Waals surface area (Å²) in [4.78, 5) is 17.7. The molecule has 0 aliphatic heterocycles. The van der Waals surface area contributed by atoms with Crippen LogP contribution in [0, 0.1) is 11.6 Å². The van der Waals surface area contributed by atoms with Crippen molar-refractivity contribution in [3.63, 3.8) is 0 Å². The van der Waals surface area contributed by atoms with Crippen molar-refractivity contribution in [3.05, 3.63) is 71.8 Å². The Labute approximate surface area is 180 Å². The van der Waals surface area contributed by atoms with Gasteiger partial charge in [0, 0.05) is 12.3 Å². The van der Waals surface area contributed by atoms with E-state index in [9.17, 15) is 13.9 Å². The fourth-order valence-corrected chi connectivity index (χ4v) is 3.62. The fraction of sp³-hybridized carbons (Fsp3) is 0.182. The van der Waals surface area contributed by atoms with Gasteiger partial charge in [-0.3, -0.25) is 14.1 Å². The summed E-state index contributed by atoms with van der Waals surface area (Å²) in [6, 6.07) is 7.26. The van der Waals surface area contributed by atoms with Gasteiger partial charge in [0.25, 0.3) is 6.01 Å². The van der Waals surface area contributed by atoms with Gasteiger partial charge >= 0.3 is 0 Å². The first-order valence-corrected chi connectivity index (χ1v) is 9.80. The van der Waals surface area contributed by atoms with E-state index in [0.717, 1.165) is 6.07 Å². The monoisotopic (exact) mass is 436 g/mol. The van der Waals surface area contributed by atoms with Crippen LogP contribution in [0.25, 0.3) is 28.0 Å². The summed E-state index contributed by atoms with van der Waals surface area (Å²) in [5, 5.41) is 9.87. The normalized spacial score (nSPS) is 12.5. The molecule has 5 aromatic rings. The molecule has 0 spiro atoms. The number of pyridine rings is 1. The van der Waals surface area contributed by atoms with Crippen molar-refractivity contribution < 1.29 is 18.6 Å². The van der Waals surface area contributed by atoms with E-state index in [1.165, 1.54) is 25.4 Å². The van der Waals surface area contributed by atoms with Crippen LogP contribution in [0.4, 0.5) is 8.78 Å². The molecule has 0 saturated carbocycles. The Balaban J connectivity index is 1.65. The van der Waals surface area contributed by atoms with E-state index < -0.39 is 17.7 Å². The molecule has 0 aliphatic rings. The summed E-state index contributed by atoms with van der Waals surface area (Å²) in [5.74, 6) is -1.32. The Morgan fingerprint density at radius 1 is 1.06 bits per heavy atom. The Morgan fingerprint density at radius 3 is 2.56 bits per heavy atom. The molecular formula is C22H18F2N6O2. The zero-order valence-electron chi connectivity index (χ0n) is 17.2. The molecule has 10 heteroatoms. The molecule has 4 aromatic heterocycles. The highest BCUT2D eigenvalue weighted by molar-refractivity contribution is 5.78.